The molecule has 0 N–H and O–H groups in total. The lowest BCUT2D eigenvalue weighted by molar-refractivity contribution is -0.136. The van der Waals surface area contributed by atoms with Crippen molar-refractivity contribution in [3.05, 3.63) is 29.8 Å². The van der Waals surface area contributed by atoms with Crippen molar-refractivity contribution in [2.24, 2.45) is 11.8 Å². The van der Waals surface area contributed by atoms with Crippen LogP contribution < -0.4 is 4.74 Å². The van der Waals surface area contributed by atoms with Gasteiger partial charge in [0.15, 0.2) is 0 Å². The molecular weight excluding hydrogens is 344 g/mol. The Morgan fingerprint density at radius 3 is 2.63 bits per heavy atom. The van der Waals surface area contributed by atoms with Gasteiger partial charge in [-0.1, -0.05) is 26.0 Å². The molecule has 6 nitrogen and oxygen atoms in total. The molecule has 2 fully saturated rings. The molecule has 0 radical (unpaired) electrons. The number of piperidine rings is 1. The lowest BCUT2D eigenvalue weighted by Crippen LogP contribution is -2.43. The summed E-state index contributed by atoms with van der Waals surface area (Å²) in [4.78, 5) is 28.9. The SMILES string of the molecule is CC(C)C(=O)N1CCCC(COc2ccccc2C(=O)N2CCOCC2)C1. The van der Waals surface area contributed by atoms with E-state index in [1.165, 1.54) is 0 Å². The fourth-order valence-corrected chi connectivity index (χ4v) is 3.68. The van der Waals surface area contributed by atoms with Crippen molar-refractivity contribution in [3.8, 4) is 5.75 Å². The van der Waals surface area contributed by atoms with Crippen LogP contribution in [-0.4, -0.2) is 67.6 Å². The molecule has 0 bridgehead atoms. The summed E-state index contributed by atoms with van der Waals surface area (Å²) >= 11 is 0. The third-order valence-electron chi connectivity index (χ3n) is 5.21. The Balaban J connectivity index is 1.61. The zero-order chi connectivity index (χ0) is 19.2. The van der Waals surface area contributed by atoms with E-state index in [9.17, 15) is 9.59 Å². The Morgan fingerprint density at radius 2 is 1.89 bits per heavy atom. The predicted molar refractivity (Wildman–Crippen MR) is 103 cm³/mol. The average Bonchev–Trinajstić information content (AvgIpc) is 2.72. The van der Waals surface area contributed by atoms with Crippen LogP contribution in [0.1, 0.15) is 37.0 Å². The topological polar surface area (TPSA) is 59.1 Å². The molecule has 3 rings (SSSR count). The third-order valence-corrected chi connectivity index (χ3v) is 5.21. The summed E-state index contributed by atoms with van der Waals surface area (Å²) in [5.74, 6) is 1.16. The summed E-state index contributed by atoms with van der Waals surface area (Å²) in [6.45, 7) is 8.36. The molecule has 2 saturated heterocycles. The van der Waals surface area contributed by atoms with Gasteiger partial charge in [-0.15, -0.1) is 0 Å². The highest BCUT2D eigenvalue weighted by atomic mass is 16.5. The molecule has 2 amide bonds. The maximum absolute atomic E-state index is 12.8. The first-order valence-corrected chi connectivity index (χ1v) is 9.94. The number of likely N-dealkylation sites (tertiary alicyclic amines) is 1. The van der Waals surface area contributed by atoms with Crippen molar-refractivity contribution >= 4 is 11.8 Å². The van der Waals surface area contributed by atoms with Gasteiger partial charge in [0.1, 0.15) is 5.75 Å². The summed E-state index contributed by atoms with van der Waals surface area (Å²) < 4.78 is 11.4. The van der Waals surface area contributed by atoms with Crippen LogP contribution in [0.4, 0.5) is 0 Å². The molecule has 2 heterocycles. The van der Waals surface area contributed by atoms with Gasteiger partial charge in [0.05, 0.1) is 25.4 Å². The van der Waals surface area contributed by atoms with E-state index in [0.29, 0.717) is 50.1 Å². The molecule has 148 valence electrons. The van der Waals surface area contributed by atoms with E-state index in [0.717, 1.165) is 25.9 Å². The minimum atomic E-state index is -0.00541. The quantitative estimate of drug-likeness (QED) is 0.794. The second-order valence-corrected chi connectivity index (χ2v) is 7.66. The van der Waals surface area contributed by atoms with Gasteiger partial charge in [-0.2, -0.15) is 0 Å². The van der Waals surface area contributed by atoms with Crippen LogP contribution in [0.5, 0.6) is 5.75 Å². The number of carbonyl (C=O) groups is 2. The van der Waals surface area contributed by atoms with Crippen LogP contribution in [-0.2, 0) is 9.53 Å². The smallest absolute Gasteiger partial charge is 0.257 e. The molecular formula is C21H30N2O4. The number of amides is 2. The van der Waals surface area contributed by atoms with Gasteiger partial charge in [0.2, 0.25) is 5.91 Å². The lowest BCUT2D eigenvalue weighted by Gasteiger charge is -2.34. The predicted octanol–water partition coefficient (Wildman–Crippen LogP) is 2.43. The Morgan fingerprint density at radius 1 is 1.15 bits per heavy atom. The summed E-state index contributed by atoms with van der Waals surface area (Å²) in [5.41, 5.74) is 0.602. The van der Waals surface area contributed by atoms with Crippen LogP contribution in [0.2, 0.25) is 0 Å². The van der Waals surface area contributed by atoms with Gasteiger partial charge >= 0.3 is 0 Å². The molecule has 1 atom stereocenters. The fraction of sp³-hybridized carbons (Fsp3) is 0.619. The van der Waals surface area contributed by atoms with Gasteiger partial charge in [-0.05, 0) is 25.0 Å². The fourth-order valence-electron chi connectivity index (χ4n) is 3.68. The van der Waals surface area contributed by atoms with E-state index >= 15 is 0 Å². The van der Waals surface area contributed by atoms with Gasteiger partial charge in [0.25, 0.3) is 5.91 Å². The zero-order valence-electron chi connectivity index (χ0n) is 16.4. The van der Waals surface area contributed by atoms with Gasteiger partial charge < -0.3 is 19.3 Å². The molecule has 2 aliphatic heterocycles. The molecule has 0 aromatic heterocycles. The van der Waals surface area contributed by atoms with Crippen molar-refractivity contribution in [1.82, 2.24) is 9.80 Å². The largest absolute Gasteiger partial charge is 0.492 e. The van der Waals surface area contributed by atoms with Crippen LogP contribution in [0.25, 0.3) is 0 Å². The molecule has 6 heteroatoms. The van der Waals surface area contributed by atoms with E-state index in [-0.39, 0.29) is 17.7 Å². The number of rotatable bonds is 5. The third kappa shape index (κ3) is 5.01. The van der Waals surface area contributed by atoms with Gasteiger partial charge in [-0.25, -0.2) is 0 Å². The maximum atomic E-state index is 12.8. The second kappa shape index (κ2) is 9.22. The molecule has 27 heavy (non-hydrogen) atoms. The highest BCUT2D eigenvalue weighted by molar-refractivity contribution is 5.97. The number of para-hydroxylation sites is 1. The minimum absolute atomic E-state index is 0.00541. The van der Waals surface area contributed by atoms with Gasteiger partial charge in [-0.3, -0.25) is 9.59 Å². The molecule has 0 saturated carbocycles. The van der Waals surface area contributed by atoms with Crippen molar-refractivity contribution < 1.29 is 19.1 Å². The van der Waals surface area contributed by atoms with E-state index in [1.54, 1.807) is 0 Å². The van der Waals surface area contributed by atoms with Crippen LogP contribution in [0.3, 0.4) is 0 Å². The van der Waals surface area contributed by atoms with Crippen LogP contribution >= 0.6 is 0 Å². The number of carbonyl (C=O) groups excluding carboxylic acids is 2. The lowest BCUT2D eigenvalue weighted by atomic mass is 9.97. The molecule has 2 aliphatic rings. The summed E-state index contributed by atoms with van der Waals surface area (Å²) in [6, 6.07) is 7.43. The molecule has 1 unspecified atom stereocenters. The Hall–Kier alpha value is -2.08. The van der Waals surface area contributed by atoms with Crippen LogP contribution in [0, 0.1) is 11.8 Å². The van der Waals surface area contributed by atoms with Crippen molar-refractivity contribution in [3.63, 3.8) is 0 Å². The van der Waals surface area contributed by atoms with E-state index in [1.807, 2.05) is 47.9 Å². The number of benzene rings is 1. The highest BCUT2D eigenvalue weighted by Crippen LogP contribution is 2.24. The monoisotopic (exact) mass is 374 g/mol. The molecule has 1 aromatic carbocycles. The Labute approximate surface area is 161 Å². The number of morpholine rings is 1. The zero-order valence-corrected chi connectivity index (χ0v) is 16.4. The molecule has 0 aliphatic carbocycles. The van der Waals surface area contributed by atoms with E-state index in [2.05, 4.69) is 0 Å². The highest BCUT2D eigenvalue weighted by Gasteiger charge is 2.26. The first-order chi connectivity index (χ1) is 13.1. The summed E-state index contributed by atoms with van der Waals surface area (Å²) in [6.07, 6.45) is 2.04. The minimum Gasteiger partial charge on any atom is -0.492 e. The van der Waals surface area contributed by atoms with Crippen LogP contribution in [0.15, 0.2) is 24.3 Å². The number of nitrogens with zero attached hydrogens (tertiary/aromatic N) is 2. The maximum Gasteiger partial charge on any atom is 0.257 e. The first kappa shape index (κ1) is 19.7. The van der Waals surface area contributed by atoms with Gasteiger partial charge in [0, 0.05) is 38.0 Å². The Kier molecular flexibility index (Phi) is 6.72. The first-order valence-electron chi connectivity index (χ1n) is 9.94. The average molecular weight is 374 g/mol. The summed E-state index contributed by atoms with van der Waals surface area (Å²) in [5, 5.41) is 0. The number of hydrogen-bond acceptors (Lipinski definition) is 4. The number of ether oxygens (including phenoxy) is 2. The second-order valence-electron chi connectivity index (χ2n) is 7.66. The van der Waals surface area contributed by atoms with Crippen molar-refractivity contribution in [2.45, 2.75) is 26.7 Å². The standard InChI is InChI=1S/C21H30N2O4/c1-16(2)20(24)23-9-5-6-17(14-23)15-27-19-8-4-3-7-18(19)21(25)22-10-12-26-13-11-22/h3-4,7-8,16-17H,5-6,9-15H2,1-2H3. The molecule has 0 spiro atoms. The van der Waals surface area contributed by atoms with E-state index < -0.39 is 0 Å². The normalized spacial score (nSPS) is 20.6. The summed E-state index contributed by atoms with van der Waals surface area (Å²) in [7, 11) is 0. The number of hydrogen-bond donors (Lipinski definition) is 0. The van der Waals surface area contributed by atoms with Crippen molar-refractivity contribution in [2.75, 3.05) is 46.0 Å². The molecule has 1 aromatic rings. The Bertz CT molecular complexity index is 655. The van der Waals surface area contributed by atoms with Crippen molar-refractivity contribution in [1.29, 1.82) is 0 Å². The van der Waals surface area contributed by atoms with E-state index in [4.69, 9.17) is 9.47 Å².